The highest BCUT2D eigenvalue weighted by molar-refractivity contribution is 7.91. The molecule has 12 heteroatoms. The summed E-state index contributed by atoms with van der Waals surface area (Å²) in [6.07, 6.45) is 0. The third kappa shape index (κ3) is 5.47. The second kappa shape index (κ2) is 8.36. The van der Waals surface area contributed by atoms with Gasteiger partial charge in [0.15, 0.2) is 0 Å². The maximum atomic E-state index is 12.3. The second-order valence-electron chi connectivity index (χ2n) is 4.56. The van der Waals surface area contributed by atoms with E-state index >= 15 is 0 Å². The van der Waals surface area contributed by atoms with Crippen LogP contribution in [0.2, 0.25) is 0 Å². The molecule has 2 N–H and O–H groups in total. The zero-order valence-corrected chi connectivity index (χ0v) is 13.7. The van der Waals surface area contributed by atoms with E-state index in [1.54, 1.807) is 0 Å². The smallest absolute Gasteiger partial charge is 0.518 e. The van der Waals surface area contributed by atoms with Gasteiger partial charge in [-0.2, -0.15) is 26.0 Å². The lowest BCUT2D eigenvalue weighted by Crippen LogP contribution is -2.27. The van der Waals surface area contributed by atoms with Gasteiger partial charge in [-0.3, -0.25) is 0 Å². The summed E-state index contributed by atoms with van der Waals surface area (Å²) in [6, 6.07) is 1.96. The Morgan fingerprint density at radius 1 is 1.16 bits per heavy atom. The number of aliphatic hydroxyl groups is 2. The maximum absolute atomic E-state index is 12.3. The quantitative estimate of drug-likeness (QED) is 0.463. The van der Waals surface area contributed by atoms with Gasteiger partial charge in [-0.25, -0.2) is 0 Å². The predicted octanol–water partition coefficient (Wildman–Crippen LogP) is -0.306. The molecule has 0 aliphatic heterocycles. The Balaban J connectivity index is 3.38. The molecule has 0 aromatic heterocycles. The fraction of sp³-hybridized carbons (Fsp3) is 0.462. The van der Waals surface area contributed by atoms with Gasteiger partial charge in [-0.1, -0.05) is 0 Å². The summed E-state index contributed by atoms with van der Waals surface area (Å²) in [7, 11) is -6.00. The maximum Gasteiger partial charge on any atom is 0.518 e. The number of hydrogen-bond donors (Lipinski definition) is 2. The molecule has 0 aliphatic rings. The van der Waals surface area contributed by atoms with E-state index in [0.717, 1.165) is 12.1 Å². The van der Waals surface area contributed by atoms with Gasteiger partial charge in [-0.15, -0.1) is 0 Å². The molecule has 0 fully saturated rings. The van der Waals surface area contributed by atoms with Gasteiger partial charge >= 0.3 is 15.5 Å². The van der Waals surface area contributed by atoms with Gasteiger partial charge < -0.3 is 24.8 Å². The number of ether oxygens (including phenoxy) is 2. The van der Waals surface area contributed by atoms with Gasteiger partial charge in [0, 0.05) is 11.5 Å². The van der Waals surface area contributed by atoms with Gasteiger partial charge in [0.25, 0.3) is 0 Å². The summed E-state index contributed by atoms with van der Waals surface area (Å²) in [4.78, 5) is 0. The van der Waals surface area contributed by atoms with Crippen molar-refractivity contribution in [2.45, 2.75) is 12.4 Å². The van der Waals surface area contributed by atoms with Crippen LogP contribution in [0.5, 0.6) is 11.5 Å². The molecular weight excluding hydrogens is 371 g/mol. The highest BCUT2D eigenvalue weighted by Crippen LogP contribution is 2.31. The Hall–Kier alpha value is -2.05. The standard InChI is InChI=1S/C13H16F3NO7S/c1-8-10(23-4-2-18)6-9(7-11(8)24-5-3-19)12(20)17-25(21,22)13(14,15)16/h6-7,18-19H,2-5H2,1H3,(H,17,20)/p-1. The van der Waals surface area contributed by atoms with Crippen molar-refractivity contribution in [3.05, 3.63) is 23.3 Å². The molecule has 0 saturated heterocycles. The molecule has 0 atom stereocenters. The zero-order chi connectivity index (χ0) is 19.3. The van der Waals surface area contributed by atoms with Crippen molar-refractivity contribution in [3.63, 3.8) is 0 Å². The Morgan fingerprint density at radius 2 is 1.60 bits per heavy atom. The van der Waals surface area contributed by atoms with Crippen LogP contribution in [0.15, 0.2) is 16.5 Å². The van der Waals surface area contributed by atoms with Crippen molar-refractivity contribution in [1.29, 1.82) is 0 Å². The summed E-state index contributed by atoms with van der Waals surface area (Å²) in [5.41, 5.74) is -5.91. The average molecular weight is 386 g/mol. The number of hydrogen-bond acceptors (Lipinski definition) is 7. The van der Waals surface area contributed by atoms with Crippen LogP contribution in [0, 0.1) is 6.92 Å². The Kier molecular flexibility index (Phi) is 7.02. The van der Waals surface area contributed by atoms with Crippen LogP contribution in [-0.2, 0) is 10.0 Å². The molecule has 1 aromatic carbocycles. The van der Waals surface area contributed by atoms with E-state index in [-0.39, 0.29) is 37.9 Å². The number of alkyl halides is 3. The van der Waals surface area contributed by atoms with Crippen molar-refractivity contribution in [3.8, 4) is 11.5 Å². The van der Waals surface area contributed by atoms with Crippen LogP contribution < -0.4 is 14.6 Å². The fourth-order valence-corrected chi connectivity index (χ4v) is 2.04. The molecule has 0 spiro atoms. The van der Waals surface area contributed by atoms with E-state index in [0.29, 0.717) is 5.56 Å². The van der Waals surface area contributed by atoms with Crippen LogP contribution in [0.1, 0.15) is 11.1 Å². The van der Waals surface area contributed by atoms with Crippen molar-refractivity contribution >= 4 is 15.9 Å². The first-order chi connectivity index (χ1) is 11.5. The molecular formula is C13H15F3NO7S-. The summed E-state index contributed by atoms with van der Waals surface area (Å²) in [5, 5.41) is 29.4. The summed E-state index contributed by atoms with van der Waals surface area (Å²) in [5.74, 6) is -1.71. The van der Waals surface area contributed by atoms with E-state index in [1.807, 2.05) is 0 Å². The van der Waals surface area contributed by atoms with Gasteiger partial charge in [0.05, 0.1) is 13.2 Å². The van der Waals surface area contributed by atoms with E-state index in [9.17, 15) is 26.7 Å². The molecule has 0 saturated carbocycles. The van der Waals surface area contributed by atoms with Crippen molar-refractivity contribution in [1.82, 2.24) is 0 Å². The molecule has 0 amide bonds. The summed E-state index contributed by atoms with van der Waals surface area (Å²) in [6.45, 7) is 0.373. The molecule has 0 bridgehead atoms. The van der Waals surface area contributed by atoms with Crippen LogP contribution in [0.3, 0.4) is 0 Å². The molecule has 1 rings (SSSR count). The lowest BCUT2D eigenvalue weighted by Gasteiger charge is -2.18. The normalized spacial score (nSPS) is 13.0. The number of rotatable bonds is 8. The molecule has 142 valence electrons. The minimum Gasteiger partial charge on any atom is -0.858 e. The molecule has 25 heavy (non-hydrogen) atoms. The summed E-state index contributed by atoms with van der Waals surface area (Å²) < 4.78 is 71.4. The third-order valence-corrected chi connectivity index (χ3v) is 3.74. The minimum atomic E-state index is -6.00. The largest absolute Gasteiger partial charge is 0.858 e. The summed E-state index contributed by atoms with van der Waals surface area (Å²) >= 11 is 0. The van der Waals surface area contributed by atoms with Gasteiger partial charge in [-0.05, 0) is 24.6 Å². The first-order valence-corrected chi connectivity index (χ1v) is 8.18. The molecule has 0 aliphatic carbocycles. The van der Waals surface area contributed by atoms with Crippen LogP contribution in [0.4, 0.5) is 13.2 Å². The molecule has 1 aromatic rings. The number of sulfonamides is 1. The SMILES string of the molecule is Cc1c(OCCO)cc(/C([O-])=N/S(=O)(=O)C(F)(F)F)cc1OCCO. The van der Waals surface area contributed by atoms with E-state index in [2.05, 4.69) is 4.40 Å². The number of halogens is 3. The van der Waals surface area contributed by atoms with Gasteiger partial charge in [0.1, 0.15) is 24.7 Å². The third-order valence-electron chi connectivity index (χ3n) is 2.75. The highest BCUT2D eigenvalue weighted by atomic mass is 32.2. The Labute approximate surface area is 141 Å². The zero-order valence-electron chi connectivity index (χ0n) is 12.9. The highest BCUT2D eigenvalue weighted by Gasteiger charge is 2.45. The van der Waals surface area contributed by atoms with E-state index in [4.69, 9.17) is 19.7 Å². The molecule has 0 unspecified atom stereocenters. The fourth-order valence-electron chi connectivity index (χ4n) is 1.61. The van der Waals surface area contributed by atoms with E-state index < -0.39 is 27.0 Å². The molecule has 0 radical (unpaired) electrons. The van der Waals surface area contributed by atoms with Crippen molar-refractivity contribution < 1.29 is 46.4 Å². The van der Waals surface area contributed by atoms with Crippen molar-refractivity contribution in [2.75, 3.05) is 26.4 Å². The van der Waals surface area contributed by atoms with Crippen LogP contribution >= 0.6 is 0 Å². The number of nitrogens with zero attached hydrogens (tertiary/aromatic N) is 1. The lowest BCUT2D eigenvalue weighted by molar-refractivity contribution is -0.212. The second-order valence-corrected chi connectivity index (χ2v) is 6.15. The van der Waals surface area contributed by atoms with E-state index in [1.165, 1.54) is 6.92 Å². The lowest BCUT2D eigenvalue weighted by atomic mass is 10.1. The Bertz CT molecular complexity index is 703. The molecule has 0 heterocycles. The monoisotopic (exact) mass is 386 g/mol. The first kappa shape index (κ1) is 21.0. The van der Waals surface area contributed by atoms with Crippen molar-refractivity contribution in [2.24, 2.45) is 4.40 Å². The topological polar surface area (TPSA) is 128 Å². The number of aliphatic hydroxyl groups excluding tert-OH is 2. The van der Waals surface area contributed by atoms with Gasteiger partial charge in [0.2, 0.25) is 0 Å². The number of benzene rings is 1. The first-order valence-electron chi connectivity index (χ1n) is 6.74. The van der Waals surface area contributed by atoms with Crippen LogP contribution in [0.25, 0.3) is 0 Å². The minimum absolute atomic E-state index is 0.0209. The predicted molar refractivity (Wildman–Crippen MR) is 77.9 cm³/mol. The van der Waals surface area contributed by atoms with Crippen LogP contribution in [-0.4, -0.2) is 56.5 Å². The molecule has 8 nitrogen and oxygen atoms in total. The Morgan fingerprint density at radius 3 is 1.96 bits per heavy atom. The average Bonchev–Trinajstić information content (AvgIpc) is 2.51.